The number of carboxylic acids is 1. The molecule has 2 fully saturated rings. The number of likely N-dealkylation sites (tertiary alicyclic amines) is 1. The van der Waals surface area contributed by atoms with E-state index in [2.05, 4.69) is 0 Å². The summed E-state index contributed by atoms with van der Waals surface area (Å²) in [5, 5.41) is 8.93. The maximum Gasteiger partial charge on any atom is 0.323 e. The van der Waals surface area contributed by atoms with Crippen molar-refractivity contribution in [1.82, 2.24) is 9.80 Å². The molecule has 0 aromatic heterocycles. The van der Waals surface area contributed by atoms with Gasteiger partial charge in [-0.1, -0.05) is 26.2 Å². The number of carboxylic acid groups (broad SMARTS) is 1. The Labute approximate surface area is 120 Å². The van der Waals surface area contributed by atoms with Gasteiger partial charge < -0.3 is 14.9 Å². The lowest BCUT2D eigenvalue weighted by Crippen LogP contribution is -2.51. The van der Waals surface area contributed by atoms with Gasteiger partial charge in [-0.3, -0.25) is 4.79 Å². The zero-order chi connectivity index (χ0) is 14.5. The van der Waals surface area contributed by atoms with Crippen molar-refractivity contribution in [2.24, 2.45) is 11.8 Å². The van der Waals surface area contributed by atoms with E-state index in [-0.39, 0.29) is 12.6 Å². The molecule has 20 heavy (non-hydrogen) atoms. The molecule has 2 atom stereocenters. The monoisotopic (exact) mass is 282 g/mol. The molecule has 0 spiro atoms. The van der Waals surface area contributed by atoms with Crippen LogP contribution in [0.3, 0.4) is 0 Å². The Morgan fingerprint density at radius 1 is 1.20 bits per heavy atom. The summed E-state index contributed by atoms with van der Waals surface area (Å²) in [5.74, 6) is 0.487. The van der Waals surface area contributed by atoms with E-state index in [1.807, 2.05) is 11.8 Å². The van der Waals surface area contributed by atoms with Gasteiger partial charge in [0.15, 0.2) is 0 Å². The van der Waals surface area contributed by atoms with Gasteiger partial charge in [-0.25, -0.2) is 4.79 Å². The SMILES string of the molecule is CCCN(CC(=O)O)C(=O)N1CCC2CCCCC2C1. The minimum atomic E-state index is -0.931. The zero-order valence-electron chi connectivity index (χ0n) is 12.4. The van der Waals surface area contributed by atoms with Crippen LogP contribution in [0.5, 0.6) is 0 Å². The number of piperidine rings is 1. The van der Waals surface area contributed by atoms with E-state index >= 15 is 0 Å². The molecule has 1 heterocycles. The quantitative estimate of drug-likeness (QED) is 0.861. The van der Waals surface area contributed by atoms with Crippen molar-refractivity contribution >= 4 is 12.0 Å². The Morgan fingerprint density at radius 2 is 1.90 bits per heavy atom. The largest absolute Gasteiger partial charge is 0.480 e. The first kappa shape index (κ1) is 15.1. The number of nitrogens with zero attached hydrogens (tertiary/aromatic N) is 2. The molecule has 5 nitrogen and oxygen atoms in total. The fourth-order valence-electron chi connectivity index (χ4n) is 3.65. The van der Waals surface area contributed by atoms with Gasteiger partial charge in [-0.05, 0) is 31.1 Å². The molecule has 2 rings (SSSR count). The van der Waals surface area contributed by atoms with Crippen molar-refractivity contribution in [2.45, 2.75) is 45.4 Å². The van der Waals surface area contributed by atoms with E-state index in [1.54, 1.807) is 0 Å². The first-order valence-electron chi connectivity index (χ1n) is 7.87. The summed E-state index contributed by atoms with van der Waals surface area (Å²) in [6.07, 6.45) is 7.01. The average molecular weight is 282 g/mol. The number of carbonyl (C=O) groups excluding carboxylic acids is 1. The first-order chi connectivity index (χ1) is 9.61. The lowest BCUT2D eigenvalue weighted by Gasteiger charge is -2.42. The van der Waals surface area contributed by atoms with Gasteiger partial charge in [0, 0.05) is 19.6 Å². The fraction of sp³-hybridized carbons (Fsp3) is 0.867. The Bertz CT molecular complexity index is 359. The molecule has 0 bridgehead atoms. The molecular weight excluding hydrogens is 256 g/mol. The van der Waals surface area contributed by atoms with Crippen molar-refractivity contribution < 1.29 is 14.7 Å². The van der Waals surface area contributed by atoms with Crippen LogP contribution in [0.2, 0.25) is 0 Å². The number of hydrogen-bond acceptors (Lipinski definition) is 2. The van der Waals surface area contributed by atoms with Crippen LogP contribution in [0.1, 0.15) is 45.4 Å². The van der Waals surface area contributed by atoms with Gasteiger partial charge in [0.25, 0.3) is 0 Å². The predicted molar refractivity (Wildman–Crippen MR) is 76.5 cm³/mol. The minimum Gasteiger partial charge on any atom is -0.480 e. The molecule has 1 saturated carbocycles. The van der Waals surface area contributed by atoms with Gasteiger partial charge >= 0.3 is 12.0 Å². The van der Waals surface area contributed by atoms with Crippen LogP contribution in [0.25, 0.3) is 0 Å². The second-order valence-electron chi connectivity index (χ2n) is 6.14. The number of urea groups is 1. The molecule has 2 amide bonds. The van der Waals surface area contributed by atoms with Crippen molar-refractivity contribution in [3.8, 4) is 0 Å². The van der Waals surface area contributed by atoms with Crippen molar-refractivity contribution in [3.63, 3.8) is 0 Å². The highest BCUT2D eigenvalue weighted by Crippen LogP contribution is 2.36. The third kappa shape index (κ3) is 3.64. The van der Waals surface area contributed by atoms with Crippen LogP contribution < -0.4 is 0 Å². The summed E-state index contributed by atoms with van der Waals surface area (Å²) in [5.41, 5.74) is 0. The molecule has 0 aromatic rings. The number of carbonyl (C=O) groups is 2. The Kier molecular flexibility index (Phi) is 5.26. The van der Waals surface area contributed by atoms with Crippen LogP contribution >= 0.6 is 0 Å². The molecule has 2 unspecified atom stereocenters. The van der Waals surface area contributed by atoms with Crippen molar-refractivity contribution in [3.05, 3.63) is 0 Å². The number of amides is 2. The number of aliphatic carboxylic acids is 1. The number of hydrogen-bond donors (Lipinski definition) is 1. The molecule has 5 heteroatoms. The molecule has 1 aliphatic heterocycles. The van der Waals surface area contributed by atoms with E-state index in [9.17, 15) is 9.59 Å². The summed E-state index contributed by atoms with van der Waals surface area (Å²) < 4.78 is 0. The highest BCUT2D eigenvalue weighted by Gasteiger charge is 2.34. The molecule has 0 radical (unpaired) electrons. The Hall–Kier alpha value is -1.26. The highest BCUT2D eigenvalue weighted by atomic mass is 16.4. The highest BCUT2D eigenvalue weighted by molar-refractivity contribution is 5.80. The molecule has 1 saturated heterocycles. The molecular formula is C15H26N2O3. The Balaban J connectivity index is 1.94. The predicted octanol–water partition coefficient (Wildman–Crippen LogP) is 2.42. The third-order valence-corrected chi connectivity index (χ3v) is 4.65. The first-order valence-corrected chi connectivity index (χ1v) is 7.87. The average Bonchev–Trinajstić information content (AvgIpc) is 2.45. The summed E-state index contributed by atoms with van der Waals surface area (Å²) in [6.45, 7) is 3.92. The third-order valence-electron chi connectivity index (χ3n) is 4.65. The van der Waals surface area contributed by atoms with Gasteiger partial charge in [-0.2, -0.15) is 0 Å². The van der Waals surface area contributed by atoms with Gasteiger partial charge in [0.05, 0.1) is 0 Å². The van der Waals surface area contributed by atoms with Crippen LogP contribution in [-0.4, -0.2) is 53.1 Å². The standard InChI is InChI=1S/C15H26N2O3/c1-2-8-16(11-14(18)19)15(20)17-9-7-12-5-3-4-6-13(12)10-17/h12-13H,2-11H2,1H3,(H,18,19). The van der Waals surface area contributed by atoms with Crippen LogP contribution in [0.15, 0.2) is 0 Å². The normalized spacial score (nSPS) is 25.9. The maximum absolute atomic E-state index is 12.5. The van der Waals surface area contributed by atoms with E-state index in [0.717, 1.165) is 31.8 Å². The summed E-state index contributed by atoms with van der Waals surface area (Å²) in [7, 11) is 0. The Morgan fingerprint density at radius 3 is 2.55 bits per heavy atom. The zero-order valence-corrected chi connectivity index (χ0v) is 12.4. The smallest absolute Gasteiger partial charge is 0.323 e. The summed E-state index contributed by atoms with van der Waals surface area (Å²) >= 11 is 0. The molecule has 114 valence electrons. The maximum atomic E-state index is 12.5. The topological polar surface area (TPSA) is 60.9 Å². The minimum absolute atomic E-state index is 0.0849. The second kappa shape index (κ2) is 6.95. The molecule has 0 aromatic carbocycles. The van der Waals surface area contributed by atoms with Crippen LogP contribution in [0, 0.1) is 11.8 Å². The van der Waals surface area contributed by atoms with E-state index < -0.39 is 5.97 Å². The number of fused-ring (bicyclic) bond motifs is 1. The summed E-state index contributed by atoms with van der Waals surface area (Å²) in [4.78, 5) is 26.7. The molecule has 1 aliphatic carbocycles. The fourth-order valence-corrected chi connectivity index (χ4v) is 3.65. The van der Waals surface area contributed by atoms with Crippen LogP contribution in [-0.2, 0) is 4.79 Å². The summed E-state index contributed by atoms with van der Waals surface area (Å²) in [6, 6.07) is -0.0849. The van der Waals surface area contributed by atoms with Gasteiger partial charge in [-0.15, -0.1) is 0 Å². The molecule has 1 N–H and O–H groups in total. The van der Waals surface area contributed by atoms with E-state index in [1.165, 1.54) is 30.6 Å². The lowest BCUT2D eigenvalue weighted by atomic mass is 9.75. The number of rotatable bonds is 4. The van der Waals surface area contributed by atoms with Crippen molar-refractivity contribution in [2.75, 3.05) is 26.2 Å². The van der Waals surface area contributed by atoms with Crippen molar-refractivity contribution in [1.29, 1.82) is 0 Å². The lowest BCUT2D eigenvalue weighted by molar-refractivity contribution is -0.137. The second-order valence-corrected chi connectivity index (χ2v) is 6.14. The van der Waals surface area contributed by atoms with Gasteiger partial charge in [0.2, 0.25) is 0 Å². The molecule has 2 aliphatic rings. The van der Waals surface area contributed by atoms with E-state index in [0.29, 0.717) is 12.5 Å². The van der Waals surface area contributed by atoms with Crippen LogP contribution in [0.4, 0.5) is 4.79 Å². The van der Waals surface area contributed by atoms with Gasteiger partial charge in [0.1, 0.15) is 6.54 Å². The van der Waals surface area contributed by atoms with E-state index in [4.69, 9.17) is 5.11 Å².